The number of fused-ring (bicyclic) bond motifs is 1. The van der Waals surface area contributed by atoms with E-state index in [1.165, 1.54) is 0 Å². The molecule has 0 saturated carbocycles. The lowest BCUT2D eigenvalue weighted by molar-refractivity contribution is 0.413. The van der Waals surface area contributed by atoms with E-state index in [1.807, 2.05) is 6.07 Å². The van der Waals surface area contributed by atoms with Crippen LogP contribution in [0.3, 0.4) is 0 Å². The summed E-state index contributed by atoms with van der Waals surface area (Å²) in [5.41, 5.74) is 1.07. The molecule has 1 heterocycles. The number of nitriles is 1. The van der Waals surface area contributed by atoms with Gasteiger partial charge in [0.2, 0.25) is 0 Å². The van der Waals surface area contributed by atoms with Crippen molar-refractivity contribution < 1.29 is 4.74 Å². The molecule has 3 nitrogen and oxygen atoms in total. The topological polar surface area (TPSA) is 45.9 Å². The highest BCUT2D eigenvalue weighted by atomic mass is 79.9. The molecule has 0 aliphatic carbocycles. The third-order valence-corrected chi connectivity index (χ3v) is 3.30. The Labute approximate surface area is 106 Å². The van der Waals surface area contributed by atoms with Crippen LogP contribution in [0.4, 0.5) is 0 Å². The molecule has 0 saturated heterocycles. The molecule has 0 aliphatic heterocycles. The molecule has 0 unspecified atom stereocenters. The first-order valence-corrected chi connectivity index (χ1v) is 5.57. The highest BCUT2D eigenvalue weighted by Crippen LogP contribution is 2.33. The van der Waals surface area contributed by atoms with Crippen molar-refractivity contribution in [3.63, 3.8) is 0 Å². The van der Waals surface area contributed by atoms with E-state index in [1.54, 1.807) is 25.3 Å². The van der Waals surface area contributed by atoms with Crippen molar-refractivity contribution in [2.75, 3.05) is 7.11 Å². The van der Waals surface area contributed by atoms with Gasteiger partial charge in [-0.2, -0.15) is 5.26 Å². The molecule has 1 aromatic heterocycles. The summed E-state index contributed by atoms with van der Waals surface area (Å²) in [6.07, 6.45) is 0. The maximum atomic E-state index is 8.87. The number of hydrogen-bond donors (Lipinski definition) is 0. The van der Waals surface area contributed by atoms with Gasteiger partial charge in [0, 0.05) is 5.39 Å². The van der Waals surface area contributed by atoms with Crippen LogP contribution in [0.2, 0.25) is 5.15 Å². The number of halogens is 2. The zero-order valence-corrected chi connectivity index (χ0v) is 10.6. The second-order valence-corrected chi connectivity index (χ2v) is 4.24. The minimum atomic E-state index is 0.215. The van der Waals surface area contributed by atoms with Gasteiger partial charge in [-0.05, 0) is 34.1 Å². The zero-order chi connectivity index (χ0) is 11.7. The lowest BCUT2D eigenvalue weighted by Gasteiger charge is -2.07. The molecule has 2 rings (SSSR count). The molecule has 2 aromatic rings. The molecule has 0 spiro atoms. The highest BCUT2D eigenvalue weighted by Gasteiger charge is 2.10. The molecule has 1 aromatic carbocycles. The number of hydrogen-bond acceptors (Lipinski definition) is 3. The van der Waals surface area contributed by atoms with Gasteiger partial charge in [-0.1, -0.05) is 11.6 Å². The van der Waals surface area contributed by atoms with E-state index >= 15 is 0 Å². The van der Waals surface area contributed by atoms with Crippen molar-refractivity contribution in [2.45, 2.75) is 0 Å². The van der Waals surface area contributed by atoms with Gasteiger partial charge in [0.1, 0.15) is 17.0 Å². The highest BCUT2D eigenvalue weighted by molar-refractivity contribution is 9.10. The van der Waals surface area contributed by atoms with Gasteiger partial charge in [0.25, 0.3) is 0 Å². The Hall–Kier alpha value is -1.31. The average Bonchev–Trinajstić information content (AvgIpc) is 2.29. The van der Waals surface area contributed by atoms with Crippen LogP contribution >= 0.6 is 27.5 Å². The summed E-state index contributed by atoms with van der Waals surface area (Å²) in [6, 6.07) is 7.28. The Bertz CT molecular complexity index is 607. The first-order chi connectivity index (χ1) is 7.67. The van der Waals surface area contributed by atoms with Crippen LogP contribution in [0, 0.1) is 11.3 Å². The van der Waals surface area contributed by atoms with E-state index in [9.17, 15) is 0 Å². The second kappa shape index (κ2) is 4.28. The van der Waals surface area contributed by atoms with Gasteiger partial charge in [0.05, 0.1) is 22.7 Å². The second-order valence-electron chi connectivity index (χ2n) is 3.09. The van der Waals surface area contributed by atoms with E-state index in [4.69, 9.17) is 21.6 Å². The van der Waals surface area contributed by atoms with Crippen LogP contribution in [0.25, 0.3) is 10.9 Å². The zero-order valence-electron chi connectivity index (χ0n) is 8.29. The summed E-state index contributed by atoms with van der Waals surface area (Å²) in [7, 11) is 1.58. The standard InChI is InChI=1S/C11H6BrClN2O/c1-16-9-3-2-8-7(10(9)12)4-6(5-14)11(13)15-8/h2-4H,1H3. The Morgan fingerprint density at radius 2 is 2.25 bits per heavy atom. The van der Waals surface area contributed by atoms with Crippen molar-refractivity contribution in [1.82, 2.24) is 4.98 Å². The van der Waals surface area contributed by atoms with Gasteiger partial charge in [-0.3, -0.25) is 0 Å². The molecular weight excluding hydrogens is 291 g/mol. The lowest BCUT2D eigenvalue weighted by atomic mass is 10.1. The first-order valence-electron chi connectivity index (χ1n) is 4.40. The molecule has 0 radical (unpaired) electrons. The van der Waals surface area contributed by atoms with E-state index in [2.05, 4.69) is 20.9 Å². The third kappa shape index (κ3) is 1.73. The number of ether oxygens (including phenoxy) is 1. The van der Waals surface area contributed by atoms with Crippen molar-refractivity contribution in [3.05, 3.63) is 33.4 Å². The van der Waals surface area contributed by atoms with Crippen molar-refractivity contribution >= 4 is 38.4 Å². The number of benzene rings is 1. The van der Waals surface area contributed by atoms with E-state index in [0.29, 0.717) is 11.3 Å². The normalized spacial score (nSPS) is 10.1. The maximum Gasteiger partial charge on any atom is 0.147 e. The molecule has 5 heteroatoms. The molecule has 0 bridgehead atoms. The maximum absolute atomic E-state index is 8.87. The summed E-state index contributed by atoms with van der Waals surface area (Å²) in [4.78, 5) is 4.14. The van der Waals surface area contributed by atoms with Crippen LogP contribution in [0.1, 0.15) is 5.56 Å². The monoisotopic (exact) mass is 296 g/mol. The quantitative estimate of drug-likeness (QED) is 0.756. The van der Waals surface area contributed by atoms with Crippen LogP contribution in [0.5, 0.6) is 5.75 Å². The largest absolute Gasteiger partial charge is 0.496 e. The molecule has 0 N–H and O–H groups in total. The smallest absolute Gasteiger partial charge is 0.147 e. The van der Waals surface area contributed by atoms with E-state index < -0.39 is 0 Å². The minimum absolute atomic E-state index is 0.215. The fraction of sp³-hybridized carbons (Fsp3) is 0.0909. The first kappa shape index (κ1) is 11.2. The predicted octanol–water partition coefficient (Wildman–Crippen LogP) is 3.53. The number of methoxy groups -OCH3 is 1. The Kier molecular flexibility index (Phi) is 2.99. The van der Waals surface area contributed by atoms with Gasteiger partial charge in [-0.15, -0.1) is 0 Å². The van der Waals surface area contributed by atoms with Gasteiger partial charge in [0.15, 0.2) is 0 Å². The van der Waals surface area contributed by atoms with Crippen LogP contribution in [-0.2, 0) is 0 Å². The number of aromatic nitrogens is 1. The average molecular weight is 298 g/mol. The van der Waals surface area contributed by atoms with Gasteiger partial charge >= 0.3 is 0 Å². The summed E-state index contributed by atoms with van der Waals surface area (Å²) < 4.78 is 5.94. The fourth-order valence-corrected chi connectivity index (χ4v) is 2.20. The van der Waals surface area contributed by atoms with Crippen LogP contribution < -0.4 is 4.74 Å². The van der Waals surface area contributed by atoms with Gasteiger partial charge in [-0.25, -0.2) is 4.98 Å². The predicted molar refractivity (Wildman–Crippen MR) is 65.7 cm³/mol. The number of rotatable bonds is 1. The molecule has 0 amide bonds. The molecule has 0 aliphatic rings. The SMILES string of the molecule is COc1ccc2nc(Cl)c(C#N)cc2c1Br. The van der Waals surface area contributed by atoms with Crippen molar-refractivity contribution in [2.24, 2.45) is 0 Å². The van der Waals surface area contributed by atoms with E-state index in [-0.39, 0.29) is 5.15 Å². The van der Waals surface area contributed by atoms with Crippen LogP contribution in [0.15, 0.2) is 22.7 Å². The molecular formula is C11H6BrClN2O. The summed E-state index contributed by atoms with van der Waals surface area (Å²) in [5.74, 6) is 0.695. The Balaban J connectivity index is 2.83. The molecule has 0 atom stereocenters. The number of pyridine rings is 1. The molecule has 0 fully saturated rings. The third-order valence-electron chi connectivity index (χ3n) is 2.19. The summed E-state index contributed by atoms with van der Waals surface area (Å²) >= 11 is 9.26. The molecule has 80 valence electrons. The fourth-order valence-electron chi connectivity index (χ4n) is 1.40. The van der Waals surface area contributed by atoms with E-state index in [0.717, 1.165) is 15.4 Å². The Morgan fingerprint density at radius 3 is 2.88 bits per heavy atom. The van der Waals surface area contributed by atoms with Crippen molar-refractivity contribution in [3.8, 4) is 11.8 Å². The number of nitrogens with zero attached hydrogens (tertiary/aromatic N) is 2. The van der Waals surface area contributed by atoms with Crippen LogP contribution in [-0.4, -0.2) is 12.1 Å². The summed E-state index contributed by atoms with van der Waals surface area (Å²) in [5, 5.41) is 9.89. The Morgan fingerprint density at radius 1 is 1.50 bits per heavy atom. The van der Waals surface area contributed by atoms with Gasteiger partial charge < -0.3 is 4.74 Å². The summed E-state index contributed by atoms with van der Waals surface area (Å²) in [6.45, 7) is 0. The van der Waals surface area contributed by atoms with Crippen molar-refractivity contribution in [1.29, 1.82) is 5.26 Å². The minimum Gasteiger partial charge on any atom is -0.496 e. The lowest BCUT2D eigenvalue weighted by Crippen LogP contribution is -1.89. The molecule has 16 heavy (non-hydrogen) atoms.